The molecule has 0 amide bonds. The van der Waals surface area contributed by atoms with Gasteiger partial charge in [0.15, 0.2) is 0 Å². The molecular formula is C25H30ClN3O2. The number of hydrogen-bond donors (Lipinski definition) is 1. The molecule has 4 rings (SSSR count). The first-order valence-electron chi connectivity index (χ1n) is 11.0. The molecule has 2 aromatic carbocycles. The van der Waals surface area contributed by atoms with E-state index in [9.17, 15) is 5.11 Å². The van der Waals surface area contributed by atoms with E-state index in [-0.39, 0.29) is 6.10 Å². The predicted octanol–water partition coefficient (Wildman–Crippen LogP) is 5.61. The van der Waals surface area contributed by atoms with E-state index in [2.05, 4.69) is 4.90 Å². The first-order valence-corrected chi connectivity index (χ1v) is 11.4. The summed E-state index contributed by atoms with van der Waals surface area (Å²) >= 11 is 6.26. The highest BCUT2D eigenvalue weighted by atomic mass is 35.5. The van der Waals surface area contributed by atoms with Crippen LogP contribution in [0, 0.1) is 12.8 Å². The van der Waals surface area contributed by atoms with E-state index in [1.807, 2.05) is 73.1 Å². The largest absolute Gasteiger partial charge is 0.439 e. The van der Waals surface area contributed by atoms with Gasteiger partial charge in [-0.25, -0.2) is 4.68 Å². The van der Waals surface area contributed by atoms with E-state index < -0.39 is 0 Å². The summed E-state index contributed by atoms with van der Waals surface area (Å²) in [6, 6.07) is 17.4. The zero-order chi connectivity index (χ0) is 21.8. The van der Waals surface area contributed by atoms with Crippen LogP contribution in [0.3, 0.4) is 0 Å². The molecule has 0 aliphatic heterocycles. The molecule has 1 heterocycles. The Hall–Kier alpha value is -2.34. The quantitative estimate of drug-likeness (QED) is 0.446. The van der Waals surface area contributed by atoms with Crippen molar-refractivity contribution in [2.75, 3.05) is 13.1 Å². The van der Waals surface area contributed by atoms with Gasteiger partial charge >= 0.3 is 0 Å². The van der Waals surface area contributed by atoms with Gasteiger partial charge in [-0.05, 0) is 62.4 Å². The van der Waals surface area contributed by atoms with Crippen LogP contribution >= 0.6 is 11.6 Å². The van der Waals surface area contributed by atoms with Gasteiger partial charge in [-0.3, -0.25) is 4.90 Å². The molecule has 164 valence electrons. The minimum Gasteiger partial charge on any atom is -0.439 e. The van der Waals surface area contributed by atoms with Crippen LogP contribution in [0.15, 0.2) is 54.6 Å². The maximum absolute atomic E-state index is 10.3. The molecule has 6 heteroatoms. The number of halogens is 1. The lowest BCUT2D eigenvalue weighted by Crippen LogP contribution is -2.33. The first kappa shape index (κ1) is 21.9. The normalized spacial score (nSPS) is 14.7. The van der Waals surface area contributed by atoms with Crippen molar-refractivity contribution >= 4 is 11.6 Å². The topological polar surface area (TPSA) is 50.5 Å². The highest BCUT2D eigenvalue weighted by molar-refractivity contribution is 6.30. The number of aliphatic hydroxyl groups is 1. The second-order valence-corrected chi connectivity index (χ2v) is 8.81. The Bertz CT molecular complexity index is 1000. The summed E-state index contributed by atoms with van der Waals surface area (Å²) in [6.07, 6.45) is 2.95. The Balaban J connectivity index is 1.71. The Labute approximate surface area is 189 Å². The summed E-state index contributed by atoms with van der Waals surface area (Å²) in [7, 11) is 0. The summed E-state index contributed by atoms with van der Waals surface area (Å²) < 4.78 is 8.21. The predicted molar refractivity (Wildman–Crippen MR) is 124 cm³/mol. The summed E-state index contributed by atoms with van der Waals surface area (Å²) in [5, 5.41) is 15.8. The minimum absolute atomic E-state index is 0.333. The fourth-order valence-electron chi connectivity index (χ4n) is 3.73. The SMILES string of the molecule is CCC(O)CN(Cc1c(C)nn(-c2cccc(Cl)c2)c1Oc1ccccc1)CC1CC1. The average molecular weight is 440 g/mol. The van der Waals surface area contributed by atoms with Crippen molar-refractivity contribution in [1.29, 1.82) is 0 Å². The molecule has 0 bridgehead atoms. The molecule has 1 aromatic heterocycles. The van der Waals surface area contributed by atoms with Crippen LogP contribution in [0.25, 0.3) is 5.69 Å². The van der Waals surface area contributed by atoms with E-state index in [0.717, 1.165) is 41.6 Å². The van der Waals surface area contributed by atoms with Crippen LogP contribution in [-0.2, 0) is 6.54 Å². The molecule has 3 aromatic rings. The smallest absolute Gasteiger partial charge is 0.227 e. The Kier molecular flexibility index (Phi) is 6.96. The number of hydrogen-bond acceptors (Lipinski definition) is 4. The van der Waals surface area contributed by atoms with E-state index in [4.69, 9.17) is 21.4 Å². The number of aryl methyl sites for hydroxylation is 1. The number of aliphatic hydroxyl groups excluding tert-OH is 1. The highest BCUT2D eigenvalue weighted by Crippen LogP contribution is 2.34. The van der Waals surface area contributed by atoms with Crippen molar-refractivity contribution < 1.29 is 9.84 Å². The first-order chi connectivity index (χ1) is 15.0. The van der Waals surface area contributed by atoms with Crippen molar-refractivity contribution in [3.05, 3.63) is 70.9 Å². The molecule has 5 nitrogen and oxygen atoms in total. The van der Waals surface area contributed by atoms with Crippen molar-refractivity contribution in [3.8, 4) is 17.3 Å². The number of nitrogens with zero attached hydrogens (tertiary/aromatic N) is 3. The molecule has 0 saturated heterocycles. The van der Waals surface area contributed by atoms with Gasteiger partial charge in [0, 0.05) is 24.7 Å². The van der Waals surface area contributed by atoms with E-state index in [1.165, 1.54) is 12.8 Å². The maximum Gasteiger partial charge on any atom is 0.227 e. The molecule has 1 aliphatic rings. The molecule has 31 heavy (non-hydrogen) atoms. The maximum atomic E-state index is 10.3. The average Bonchev–Trinajstić information content (AvgIpc) is 3.53. The fourth-order valence-corrected chi connectivity index (χ4v) is 3.91. The van der Waals surface area contributed by atoms with Crippen molar-refractivity contribution in [2.24, 2.45) is 5.92 Å². The van der Waals surface area contributed by atoms with Gasteiger partial charge in [-0.2, -0.15) is 5.10 Å². The van der Waals surface area contributed by atoms with Gasteiger partial charge in [0.25, 0.3) is 0 Å². The number of rotatable bonds is 10. The number of ether oxygens (including phenoxy) is 1. The third-order valence-corrected chi connectivity index (χ3v) is 5.92. The molecule has 1 fully saturated rings. The third-order valence-electron chi connectivity index (χ3n) is 5.68. The van der Waals surface area contributed by atoms with Crippen LogP contribution in [0.2, 0.25) is 5.02 Å². The Morgan fingerprint density at radius 3 is 2.65 bits per heavy atom. The van der Waals surface area contributed by atoms with E-state index in [0.29, 0.717) is 24.0 Å². The molecule has 1 unspecified atom stereocenters. The van der Waals surface area contributed by atoms with Crippen LogP contribution in [-0.4, -0.2) is 39.0 Å². The fraction of sp³-hybridized carbons (Fsp3) is 0.400. The standard InChI is InChI=1S/C25H30ClN3O2/c1-3-22(30)16-28(15-19-12-13-19)17-24-18(2)27-29(21-9-7-8-20(26)14-21)25(24)31-23-10-5-4-6-11-23/h4-11,14,19,22,30H,3,12-13,15-17H2,1-2H3. The molecular weight excluding hydrogens is 410 g/mol. The molecule has 1 atom stereocenters. The summed E-state index contributed by atoms with van der Waals surface area (Å²) in [4.78, 5) is 2.34. The minimum atomic E-state index is -0.333. The molecule has 0 spiro atoms. The number of para-hydroxylation sites is 1. The van der Waals surface area contributed by atoms with Gasteiger partial charge in [0.1, 0.15) is 5.75 Å². The summed E-state index contributed by atoms with van der Waals surface area (Å²) in [5.74, 6) is 2.18. The van der Waals surface area contributed by atoms with Crippen LogP contribution in [0.1, 0.15) is 37.4 Å². The zero-order valence-electron chi connectivity index (χ0n) is 18.2. The molecule has 1 N–H and O–H groups in total. The lowest BCUT2D eigenvalue weighted by atomic mass is 10.2. The zero-order valence-corrected chi connectivity index (χ0v) is 18.9. The highest BCUT2D eigenvalue weighted by Gasteiger charge is 2.28. The van der Waals surface area contributed by atoms with Crippen molar-refractivity contribution in [2.45, 2.75) is 45.8 Å². The molecule has 1 saturated carbocycles. The van der Waals surface area contributed by atoms with Gasteiger partial charge in [0.2, 0.25) is 5.88 Å². The van der Waals surface area contributed by atoms with Gasteiger partial charge in [-0.1, -0.05) is 42.8 Å². The number of benzene rings is 2. The van der Waals surface area contributed by atoms with Crippen LogP contribution in [0.4, 0.5) is 0 Å². The summed E-state index contributed by atoms with van der Waals surface area (Å²) in [6.45, 7) is 6.36. The van der Waals surface area contributed by atoms with E-state index in [1.54, 1.807) is 0 Å². The number of aromatic nitrogens is 2. The second kappa shape index (κ2) is 9.86. The van der Waals surface area contributed by atoms with Gasteiger partial charge in [-0.15, -0.1) is 0 Å². The lowest BCUT2D eigenvalue weighted by molar-refractivity contribution is 0.102. The van der Waals surface area contributed by atoms with Gasteiger partial charge < -0.3 is 9.84 Å². The van der Waals surface area contributed by atoms with Crippen LogP contribution in [0.5, 0.6) is 11.6 Å². The summed E-state index contributed by atoms with van der Waals surface area (Å²) in [5.41, 5.74) is 2.81. The van der Waals surface area contributed by atoms with Crippen molar-refractivity contribution in [1.82, 2.24) is 14.7 Å². The molecule has 0 radical (unpaired) electrons. The van der Waals surface area contributed by atoms with Gasteiger partial charge in [0.05, 0.1) is 23.0 Å². The second-order valence-electron chi connectivity index (χ2n) is 8.38. The van der Waals surface area contributed by atoms with Crippen molar-refractivity contribution in [3.63, 3.8) is 0 Å². The third kappa shape index (κ3) is 5.67. The monoisotopic (exact) mass is 439 g/mol. The Morgan fingerprint density at radius 1 is 1.19 bits per heavy atom. The Morgan fingerprint density at radius 2 is 1.97 bits per heavy atom. The van der Waals surface area contributed by atoms with E-state index >= 15 is 0 Å². The molecule has 1 aliphatic carbocycles. The lowest BCUT2D eigenvalue weighted by Gasteiger charge is -2.25. The van der Waals surface area contributed by atoms with Crippen LogP contribution < -0.4 is 4.74 Å².